The van der Waals surface area contributed by atoms with Crippen molar-refractivity contribution >= 4 is 27.5 Å². The van der Waals surface area contributed by atoms with Crippen LogP contribution in [0.25, 0.3) is 0 Å². The Morgan fingerprint density at radius 2 is 1.86 bits per heavy atom. The van der Waals surface area contributed by atoms with Crippen LogP contribution in [0.5, 0.6) is 0 Å². The molecule has 3 rings (SSSR count). The second-order valence-corrected chi connectivity index (χ2v) is 9.07. The van der Waals surface area contributed by atoms with Gasteiger partial charge in [0.05, 0.1) is 5.69 Å². The van der Waals surface area contributed by atoms with Gasteiger partial charge in [-0.15, -0.1) is 0 Å². The average Bonchev–Trinajstić information content (AvgIpc) is 3.15. The zero-order valence-corrected chi connectivity index (χ0v) is 16.9. The fraction of sp³-hybridized carbons (Fsp3) is 0.350. The quantitative estimate of drug-likeness (QED) is 0.663. The van der Waals surface area contributed by atoms with Crippen LogP contribution in [0.2, 0.25) is 0 Å². The molecule has 1 unspecified atom stereocenters. The number of carbonyl (C=O) groups excluding carboxylic acids is 1. The van der Waals surface area contributed by atoms with Crippen molar-refractivity contribution < 1.29 is 13.2 Å². The second-order valence-electron chi connectivity index (χ2n) is 7.18. The van der Waals surface area contributed by atoms with E-state index in [2.05, 4.69) is 15.4 Å². The smallest absolute Gasteiger partial charge is 0.301 e. The van der Waals surface area contributed by atoms with Crippen molar-refractivity contribution in [3.05, 3.63) is 59.7 Å². The molecule has 1 amide bonds. The summed E-state index contributed by atoms with van der Waals surface area (Å²) in [6, 6.07) is 14.2. The first-order valence-electron chi connectivity index (χ1n) is 9.25. The number of anilines is 2. The molecule has 1 atom stereocenters. The number of rotatable bonds is 7. The fourth-order valence-electron chi connectivity index (χ4n) is 3.12. The maximum Gasteiger partial charge on any atom is 0.301 e. The summed E-state index contributed by atoms with van der Waals surface area (Å²) in [5.74, 6) is 0.426. The number of amides is 1. The van der Waals surface area contributed by atoms with Crippen LogP contribution in [0.1, 0.15) is 22.3 Å². The third kappa shape index (κ3) is 5.31. The summed E-state index contributed by atoms with van der Waals surface area (Å²) in [6.07, 6.45) is 2.21. The van der Waals surface area contributed by atoms with E-state index < -0.39 is 10.2 Å². The van der Waals surface area contributed by atoms with E-state index >= 15 is 0 Å². The molecule has 2 aromatic rings. The lowest BCUT2D eigenvalue weighted by Gasteiger charge is -2.14. The molecule has 0 saturated carbocycles. The molecule has 1 aliphatic rings. The Hall–Kier alpha value is -2.42. The summed E-state index contributed by atoms with van der Waals surface area (Å²) in [5, 5.41) is 6.17. The van der Waals surface area contributed by atoms with E-state index in [9.17, 15) is 13.2 Å². The Bertz CT molecular complexity index is 921. The first kappa shape index (κ1) is 20.3. The van der Waals surface area contributed by atoms with Crippen LogP contribution in [0, 0.1) is 5.92 Å². The molecule has 8 heteroatoms. The molecule has 7 nitrogen and oxygen atoms in total. The number of hydrogen-bond acceptors (Lipinski definition) is 4. The first-order valence-corrected chi connectivity index (χ1v) is 10.7. The van der Waals surface area contributed by atoms with E-state index in [-0.39, 0.29) is 5.91 Å². The van der Waals surface area contributed by atoms with Gasteiger partial charge in [-0.2, -0.15) is 12.7 Å². The summed E-state index contributed by atoms with van der Waals surface area (Å²) in [4.78, 5) is 12.5. The van der Waals surface area contributed by atoms with Gasteiger partial charge >= 0.3 is 10.2 Å². The predicted octanol–water partition coefficient (Wildman–Crippen LogP) is 2.31. The lowest BCUT2D eigenvalue weighted by atomic mass is 9.98. The Labute approximate surface area is 166 Å². The van der Waals surface area contributed by atoms with E-state index in [1.165, 1.54) is 26.1 Å². The average molecular weight is 403 g/mol. The van der Waals surface area contributed by atoms with Crippen molar-refractivity contribution in [2.45, 2.75) is 12.8 Å². The van der Waals surface area contributed by atoms with Crippen molar-refractivity contribution in [1.29, 1.82) is 0 Å². The summed E-state index contributed by atoms with van der Waals surface area (Å²) >= 11 is 0. The van der Waals surface area contributed by atoms with Gasteiger partial charge in [0.1, 0.15) is 0 Å². The number of nitrogens with one attached hydrogen (secondary N) is 3. The van der Waals surface area contributed by atoms with Crippen molar-refractivity contribution in [3.63, 3.8) is 0 Å². The second kappa shape index (κ2) is 8.72. The molecule has 0 aliphatic carbocycles. The number of benzene rings is 2. The molecule has 28 heavy (non-hydrogen) atoms. The maximum absolute atomic E-state index is 12.5. The van der Waals surface area contributed by atoms with Crippen molar-refractivity contribution in [3.8, 4) is 0 Å². The number of carbonyl (C=O) groups is 1. The minimum Gasteiger partial charge on any atom is -0.322 e. The molecule has 0 radical (unpaired) electrons. The molecule has 150 valence electrons. The van der Waals surface area contributed by atoms with Gasteiger partial charge in [-0.1, -0.05) is 18.2 Å². The molecule has 2 aromatic carbocycles. The van der Waals surface area contributed by atoms with Crippen LogP contribution in [0.3, 0.4) is 0 Å². The van der Waals surface area contributed by atoms with Gasteiger partial charge in [0.2, 0.25) is 0 Å². The molecule has 1 fully saturated rings. The van der Waals surface area contributed by atoms with Gasteiger partial charge in [0.15, 0.2) is 0 Å². The number of hydrogen-bond donors (Lipinski definition) is 3. The van der Waals surface area contributed by atoms with Crippen molar-refractivity contribution in [1.82, 2.24) is 9.62 Å². The monoisotopic (exact) mass is 402 g/mol. The highest BCUT2D eigenvalue weighted by Gasteiger charge is 2.16. The van der Waals surface area contributed by atoms with Gasteiger partial charge < -0.3 is 10.6 Å². The van der Waals surface area contributed by atoms with Crippen LogP contribution in [-0.2, 0) is 16.6 Å². The Kier molecular flexibility index (Phi) is 6.33. The van der Waals surface area contributed by atoms with E-state index in [0.717, 1.165) is 23.8 Å². The zero-order chi connectivity index (χ0) is 20.1. The Morgan fingerprint density at radius 1 is 1.14 bits per heavy atom. The van der Waals surface area contributed by atoms with E-state index in [0.29, 0.717) is 22.9 Å². The molecule has 0 aromatic heterocycles. The Balaban J connectivity index is 1.63. The minimum absolute atomic E-state index is 0.235. The maximum atomic E-state index is 12.5. The van der Waals surface area contributed by atoms with Gasteiger partial charge in [-0.3, -0.25) is 9.52 Å². The van der Waals surface area contributed by atoms with Crippen molar-refractivity contribution in [2.24, 2.45) is 5.92 Å². The van der Waals surface area contributed by atoms with E-state index in [1.54, 1.807) is 24.3 Å². The number of nitrogens with zero attached hydrogens (tertiary/aromatic N) is 1. The highest BCUT2D eigenvalue weighted by atomic mass is 32.2. The topological polar surface area (TPSA) is 90.5 Å². The highest BCUT2D eigenvalue weighted by Crippen LogP contribution is 2.19. The zero-order valence-electron chi connectivity index (χ0n) is 16.1. The van der Waals surface area contributed by atoms with Crippen LogP contribution >= 0.6 is 0 Å². The first-order chi connectivity index (χ1) is 13.3. The van der Waals surface area contributed by atoms with Gasteiger partial charge in [0, 0.05) is 25.3 Å². The fourth-order valence-corrected chi connectivity index (χ4v) is 3.73. The van der Waals surface area contributed by atoms with E-state index in [1.807, 2.05) is 24.3 Å². The molecule has 1 heterocycles. The molecule has 1 saturated heterocycles. The van der Waals surface area contributed by atoms with E-state index in [4.69, 9.17) is 0 Å². The summed E-state index contributed by atoms with van der Waals surface area (Å²) < 4.78 is 27.4. The lowest BCUT2D eigenvalue weighted by Crippen LogP contribution is -2.28. The molecular weight excluding hydrogens is 376 g/mol. The molecule has 1 aliphatic heterocycles. The van der Waals surface area contributed by atoms with Crippen LogP contribution in [-0.4, -0.2) is 45.8 Å². The minimum atomic E-state index is -3.60. The lowest BCUT2D eigenvalue weighted by molar-refractivity contribution is 0.102. The highest BCUT2D eigenvalue weighted by molar-refractivity contribution is 7.90. The van der Waals surface area contributed by atoms with Gasteiger partial charge in [0.25, 0.3) is 5.91 Å². The molecular formula is C20H26N4O3S. The normalized spacial score (nSPS) is 16.9. The van der Waals surface area contributed by atoms with Crippen molar-refractivity contribution in [2.75, 3.05) is 37.2 Å². The van der Waals surface area contributed by atoms with Crippen LogP contribution in [0.4, 0.5) is 11.4 Å². The summed E-state index contributed by atoms with van der Waals surface area (Å²) in [5.41, 5.74) is 2.69. The van der Waals surface area contributed by atoms with Gasteiger partial charge in [-0.05, 0) is 67.7 Å². The predicted molar refractivity (Wildman–Crippen MR) is 112 cm³/mol. The third-order valence-corrected chi connectivity index (χ3v) is 6.21. The molecule has 0 spiro atoms. The standard InChI is InChI=1S/C20H26N4O3S/c1-24(2)28(26,27)23-19-5-3-4-18(13-19)22-20(25)17-8-6-15(7-9-17)12-16-10-11-21-14-16/h3-9,13,16,21,23H,10-12,14H2,1-2H3,(H,22,25). The summed E-state index contributed by atoms with van der Waals surface area (Å²) in [6.45, 7) is 2.13. The SMILES string of the molecule is CN(C)S(=O)(=O)Nc1cccc(NC(=O)c2ccc(CC3CCNC3)cc2)c1. The summed E-state index contributed by atoms with van der Waals surface area (Å²) in [7, 11) is -0.707. The van der Waals surface area contributed by atoms with Crippen LogP contribution < -0.4 is 15.4 Å². The van der Waals surface area contributed by atoms with Crippen LogP contribution in [0.15, 0.2) is 48.5 Å². The molecule has 0 bridgehead atoms. The van der Waals surface area contributed by atoms with Gasteiger partial charge in [-0.25, -0.2) is 0 Å². The third-order valence-electron chi connectivity index (χ3n) is 4.75. The largest absolute Gasteiger partial charge is 0.322 e. The molecule has 3 N–H and O–H groups in total. The Morgan fingerprint density at radius 3 is 2.50 bits per heavy atom.